The van der Waals surface area contributed by atoms with Crippen molar-refractivity contribution >= 4 is 33.2 Å². The van der Waals surface area contributed by atoms with Crippen molar-refractivity contribution < 1.29 is 17.9 Å². The molecule has 3 aromatic rings. The SMILES string of the molecule is COc1ccccc1[C@@H](C)NC(=O)c1ccc(Cl)c(S(=O)(=O)Nc2ccc(C)c(C)c2)c1. The molecule has 1 amide bonds. The number of aryl methyl sites for hydroxylation is 2. The van der Waals surface area contributed by atoms with Crippen molar-refractivity contribution in [3.05, 3.63) is 87.9 Å². The standard InChI is InChI=1S/C24H25ClN2O4S/c1-15-9-11-19(13-16(15)2)27-32(29,30)23-14-18(10-12-21(23)25)24(28)26-17(3)20-7-5-6-8-22(20)31-4/h5-14,17,27H,1-4H3,(H,26,28)/t17-/m1/s1. The number of amides is 1. The molecular weight excluding hydrogens is 448 g/mol. The summed E-state index contributed by atoms with van der Waals surface area (Å²) in [4.78, 5) is 12.7. The number of methoxy groups -OCH3 is 1. The monoisotopic (exact) mass is 472 g/mol. The summed E-state index contributed by atoms with van der Waals surface area (Å²) in [5.74, 6) is 0.222. The lowest BCUT2D eigenvalue weighted by atomic mass is 10.1. The molecule has 0 saturated heterocycles. The number of hydrogen-bond acceptors (Lipinski definition) is 4. The predicted octanol–water partition coefficient (Wildman–Crippen LogP) is 5.26. The van der Waals surface area contributed by atoms with Gasteiger partial charge in [-0.2, -0.15) is 0 Å². The van der Waals surface area contributed by atoms with Gasteiger partial charge in [0.2, 0.25) is 0 Å². The number of para-hydroxylation sites is 1. The molecule has 0 saturated carbocycles. The molecule has 0 aromatic heterocycles. The van der Waals surface area contributed by atoms with Gasteiger partial charge in [-0.3, -0.25) is 9.52 Å². The Morgan fingerprint density at radius 2 is 1.72 bits per heavy atom. The summed E-state index contributed by atoms with van der Waals surface area (Å²) in [6.45, 7) is 5.66. The molecule has 0 aliphatic heterocycles. The van der Waals surface area contributed by atoms with Crippen LogP contribution >= 0.6 is 11.6 Å². The van der Waals surface area contributed by atoms with Crippen LogP contribution in [0.15, 0.2) is 65.6 Å². The molecule has 32 heavy (non-hydrogen) atoms. The fourth-order valence-corrected chi connectivity index (χ4v) is 4.82. The van der Waals surface area contributed by atoms with Crippen molar-refractivity contribution in [3.8, 4) is 5.75 Å². The normalized spacial score (nSPS) is 12.2. The predicted molar refractivity (Wildman–Crippen MR) is 127 cm³/mol. The van der Waals surface area contributed by atoms with Crippen LogP contribution in [0.2, 0.25) is 5.02 Å². The van der Waals surface area contributed by atoms with E-state index in [1.54, 1.807) is 19.2 Å². The Labute approximate surface area is 193 Å². The number of sulfonamides is 1. The van der Waals surface area contributed by atoms with Gasteiger partial charge in [0.15, 0.2) is 0 Å². The average molecular weight is 473 g/mol. The van der Waals surface area contributed by atoms with E-state index >= 15 is 0 Å². The van der Waals surface area contributed by atoms with Crippen LogP contribution in [-0.4, -0.2) is 21.4 Å². The van der Waals surface area contributed by atoms with Crippen LogP contribution in [0.3, 0.4) is 0 Å². The molecule has 0 unspecified atom stereocenters. The summed E-state index contributed by atoms with van der Waals surface area (Å²) in [7, 11) is -2.44. The topological polar surface area (TPSA) is 84.5 Å². The van der Waals surface area contributed by atoms with Crippen LogP contribution in [0.1, 0.15) is 40.0 Å². The number of hydrogen-bond donors (Lipinski definition) is 2. The molecule has 0 spiro atoms. The molecule has 0 aliphatic rings. The van der Waals surface area contributed by atoms with E-state index in [0.29, 0.717) is 11.4 Å². The summed E-state index contributed by atoms with van der Waals surface area (Å²) < 4.78 is 33.8. The molecule has 1 atom stereocenters. The van der Waals surface area contributed by atoms with Gasteiger partial charge >= 0.3 is 0 Å². The van der Waals surface area contributed by atoms with E-state index in [0.717, 1.165) is 16.7 Å². The number of halogens is 1. The Bertz CT molecular complexity index is 1260. The second-order valence-electron chi connectivity index (χ2n) is 7.49. The van der Waals surface area contributed by atoms with E-state index in [4.69, 9.17) is 16.3 Å². The zero-order chi connectivity index (χ0) is 23.5. The molecule has 0 heterocycles. The molecule has 0 aliphatic carbocycles. The van der Waals surface area contributed by atoms with E-state index in [9.17, 15) is 13.2 Å². The van der Waals surface area contributed by atoms with Crippen molar-refractivity contribution in [2.75, 3.05) is 11.8 Å². The lowest BCUT2D eigenvalue weighted by Crippen LogP contribution is -2.27. The second kappa shape index (κ2) is 9.63. The van der Waals surface area contributed by atoms with Crippen LogP contribution in [0.4, 0.5) is 5.69 Å². The first-order valence-electron chi connectivity index (χ1n) is 9.96. The lowest BCUT2D eigenvalue weighted by molar-refractivity contribution is 0.0939. The highest BCUT2D eigenvalue weighted by atomic mass is 35.5. The molecule has 3 rings (SSSR count). The van der Waals surface area contributed by atoms with Crippen molar-refractivity contribution in [2.24, 2.45) is 0 Å². The quantitative estimate of drug-likeness (QED) is 0.491. The van der Waals surface area contributed by atoms with Gasteiger partial charge in [-0.25, -0.2) is 8.42 Å². The van der Waals surface area contributed by atoms with E-state index in [1.165, 1.54) is 18.2 Å². The van der Waals surface area contributed by atoms with Gasteiger partial charge < -0.3 is 10.1 Å². The van der Waals surface area contributed by atoms with Crippen LogP contribution in [0.25, 0.3) is 0 Å². The smallest absolute Gasteiger partial charge is 0.263 e. The zero-order valence-electron chi connectivity index (χ0n) is 18.3. The minimum Gasteiger partial charge on any atom is -0.496 e. The molecule has 3 aromatic carbocycles. The molecule has 0 fully saturated rings. The van der Waals surface area contributed by atoms with Gasteiger partial charge in [0.25, 0.3) is 15.9 Å². The van der Waals surface area contributed by atoms with Crippen LogP contribution in [0.5, 0.6) is 5.75 Å². The van der Waals surface area contributed by atoms with E-state index in [-0.39, 0.29) is 21.5 Å². The largest absolute Gasteiger partial charge is 0.496 e. The maximum atomic E-state index is 13.0. The van der Waals surface area contributed by atoms with Gasteiger partial charge in [0.1, 0.15) is 10.6 Å². The van der Waals surface area contributed by atoms with Crippen molar-refractivity contribution in [1.82, 2.24) is 5.32 Å². The third-order valence-electron chi connectivity index (χ3n) is 5.20. The number of ether oxygens (including phenoxy) is 1. The minimum absolute atomic E-state index is 0.0238. The number of rotatable bonds is 7. The van der Waals surface area contributed by atoms with Crippen LogP contribution in [-0.2, 0) is 10.0 Å². The highest BCUT2D eigenvalue weighted by molar-refractivity contribution is 7.92. The molecule has 8 heteroatoms. The highest BCUT2D eigenvalue weighted by Crippen LogP contribution is 2.27. The fraction of sp³-hybridized carbons (Fsp3) is 0.208. The first kappa shape index (κ1) is 23.6. The third kappa shape index (κ3) is 5.23. The van der Waals surface area contributed by atoms with E-state index in [1.807, 2.05) is 51.1 Å². The molecule has 6 nitrogen and oxygen atoms in total. The van der Waals surface area contributed by atoms with Crippen LogP contribution < -0.4 is 14.8 Å². The molecule has 168 valence electrons. The Kier molecular flexibility index (Phi) is 7.11. The molecular formula is C24H25ClN2O4S. The Hall–Kier alpha value is -3.03. The van der Waals surface area contributed by atoms with Gasteiger partial charge in [-0.15, -0.1) is 0 Å². The first-order valence-corrected chi connectivity index (χ1v) is 11.8. The fourth-order valence-electron chi connectivity index (χ4n) is 3.25. The van der Waals surface area contributed by atoms with E-state index in [2.05, 4.69) is 10.0 Å². The Morgan fingerprint density at radius 1 is 1.00 bits per heavy atom. The molecule has 0 bridgehead atoms. The minimum atomic E-state index is -4.00. The number of carbonyl (C=O) groups excluding carboxylic acids is 1. The third-order valence-corrected chi connectivity index (χ3v) is 7.06. The Morgan fingerprint density at radius 3 is 2.41 bits per heavy atom. The van der Waals surface area contributed by atoms with E-state index < -0.39 is 15.9 Å². The highest BCUT2D eigenvalue weighted by Gasteiger charge is 2.22. The second-order valence-corrected chi connectivity index (χ2v) is 9.54. The maximum Gasteiger partial charge on any atom is 0.263 e. The lowest BCUT2D eigenvalue weighted by Gasteiger charge is -2.18. The van der Waals surface area contributed by atoms with Gasteiger partial charge in [-0.1, -0.05) is 35.9 Å². The van der Waals surface area contributed by atoms with Crippen LogP contribution in [0, 0.1) is 13.8 Å². The number of nitrogens with one attached hydrogen (secondary N) is 2. The summed E-state index contributed by atoms with van der Waals surface area (Å²) in [5, 5.41) is 2.90. The zero-order valence-corrected chi connectivity index (χ0v) is 19.8. The first-order chi connectivity index (χ1) is 15.1. The number of anilines is 1. The van der Waals surface area contributed by atoms with Crippen molar-refractivity contribution in [3.63, 3.8) is 0 Å². The van der Waals surface area contributed by atoms with Gasteiger partial charge in [-0.05, 0) is 68.3 Å². The number of benzene rings is 3. The van der Waals surface area contributed by atoms with Gasteiger partial charge in [0.05, 0.1) is 18.2 Å². The molecule has 2 N–H and O–H groups in total. The Balaban J connectivity index is 1.85. The van der Waals surface area contributed by atoms with Crippen molar-refractivity contribution in [1.29, 1.82) is 0 Å². The summed E-state index contributed by atoms with van der Waals surface area (Å²) in [6, 6.07) is 16.4. The molecule has 0 radical (unpaired) electrons. The van der Waals surface area contributed by atoms with Gasteiger partial charge in [0, 0.05) is 16.8 Å². The summed E-state index contributed by atoms with van der Waals surface area (Å²) in [6.07, 6.45) is 0. The summed E-state index contributed by atoms with van der Waals surface area (Å²) in [5.41, 5.74) is 3.41. The average Bonchev–Trinajstić information content (AvgIpc) is 2.76. The van der Waals surface area contributed by atoms with Crippen molar-refractivity contribution in [2.45, 2.75) is 31.7 Å². The summed E-state index contributed by atoms with van der Waals surface area (Å²) >= 11 is 6.18. The number of carbonyl (C=O) groups is 1. The maximum absolute atomic E-state index is 13.0.